The van der Waals surface area contributed by atoms with Gasteiger partial charge in [-0.2, -0.15) is 0 Å². The van der Waals surface area contributed by atoms with Gasteiger partial charge in [-0.05, 0) is 17.7 Å². The minimum absolute atomic E-state index is 0.923. The molecule has 2 aromatic rings. The number of rotatable bonds is 6. The van der Waals surface area contributed by atoms with E-state index < -0.39 is 0 Å². The van der Waals surface area contributed by atoms with Crippen LogP contribution in [0.1, 0.15) is 11.1 Å². The molecule has 0 bridgehead atoms. The summed E-state index contributed by atoms with van der Waals surface area (Å²) in [7, 11) is 1.70. The second kappa shape index (κ2) is 6.82. The highest BCUT2D eigenvalue weighted by Gasteiger charge is 1.97. The van der Waals surface area contributed by atoms with E-state index in [1.807, 2.05) is 12.1 Å². The van der Waals surface area contributed by atoms with Crippen molar-refractivity contribution in [1.82, 2.24) is 0 Å². The van der Waals surface area contributed by atoms with Gasteiger partial charge in [-0.1, -0.05) is 42.5 Å². The maximum atomic E-state index is 5.14. The van der Waals surface area contributed by atoms with Crippen LogP contribution in [-0.2, 0) is 13.0 Å². The minimum Gasteiger partial charge on any atom is -0.497 e. The monoisotopic (exact) mass is 242 g/mol. The Morgan fingerprint density at radius 1 is 0.889 bits per heavy atom. The number of hydrogen-bond acceptors (Lipinski definition) is 1. The number of hydrogen-bond donors (Lipinski definition) is 1. The Morgan fingerprint density at radius 2 is 1.61 bits per heavy atom. The van der Waals surface area contributed by atoms with Crippen molar-refractivity contribution >= 4 is 0 Å². The van der Waals surface area contributed by atoms with E-state index in [1.54, 1.807) is 7.11 Å². The molecular weight excluding hydrogens is 222 g/mol. The predicted octanol–water partition coefficient (Wildman–Crippen LogP) is 2.00. The summed E-state index contributed by atoms with van der Waals surface area (Å²) in [5.74, 6) is 0.923. The van der Waals surface area contributed by atoms with Crippen LogP contribution in [0, 0.1) is 0 Å². The van der Waals surface area contributed by atoms with E-state index in [0.717, 1.165) is 25.3 Å². The van der Waals surface area contributed by atoms with Crippen LogP contribution in [0.15, 0.2) is 54.6 Å². The van der Waals surface area contributed by atoms with Gasteiger partial charge in [-0.3, -0.25) is 0 Å². The van der Waals surface area contributed by atoms with Crippen molar-refractivity contribution in [3.05, 3.63) is 65.7 Å². The lowest BCUT2D eigenvalue weighted by Crippen LogP contribution is -2.83. The maximum absolute atomic E-state index is 5.14. The molecule has 0 spiro atoms. The summed E-state index contributed by atoms with van der Waals surface area (Å²) < 4.78 is 5.14. The van der Waals surface area contributed by atoms with Crippen LogP contribution in [0.3, 0.4) is 0 Å². The fraction of sp³-hybridized carbons (Fsp3) is 0.250. The van der Waals surface area contributed by atoms with Gasteiger partial charge in [0.15, 0.2) is 0 Å². The number of methoxy groups -OCH3 is 1. The molecule has 2 rings (SSSR count). The first-order valence-electron chi connectivity index (χ1n) is 6.37. The molecule has 0 aliphatic rings. The Hall–Kier alpha value is -1.80. The van der Waals surface area contributed by atoms with Crippen molar-refractivity contribution in [2.24, 2.45) is 0 Å². The molecule has 0 radical (unpaired) electrons. The third-order valence-electron chi connectivity index (χ3n) is 3.02. The number of ether oxygens (including phenoxy) is 1. The van der Waals surface area contributed by atoms with E-state index in [9.17, 15) is 0 Å². The van der Waals surface area contributed by atoms with Crippen molar-refractivity contribution in [2.75, 3.05) is 13.7 Å². The molecule has 2 heteroatoms. The largest absolute Gasteiger partial charge is 0.497 e. The van der Waals surface area contributed by atoms with Crippen LogP contribution >= 0.6 is 0 Å². The highest BCUT2D eigenvalue weighted by Crippen LogP contribution is 2.10. The maximum Gasteiger partial charge on any atom is 0.118 e. The van der Waals surface area contributed by atoms with Gasteiger partial charge in [0.1, 0.15) is 12.3 Å². The summed E-state index contributed by atoms with van der Waals surface area (Å²) in [5, 5.41) is 2.35. The average molecular weight is 242 g/mol. The second-order valence-electron chi connectivity index (χ2n) is 4.37. The fourth-order valence-corrected chi connectivity index (χ4v) is 1.94. The summed E-state index contributed by atoms with van der Waals surface area (Å²) in [6.07, 6.45) is 1.09. The van der Waals surface area contributed by atoms with Gasteiger partial charge in [-0.25, -0.2) is 0 Å². The third-order valence-corrected chi connectivity index (χ3v) is 3.02. The Balaban J connectivity index is 1.72. The molecule has 0 amide bonds. The Kier molecular flexibility index (Phi) is 4.79. The average Bonchev–Trinajstić information content (AvgIpc) is 2.45. The van der Waals surface area contributed by atoms with Crippen molar-refractivity contribution in [3.8, 4) is 5.75 Å². The number of nitrogens with two attached hydrogens (primary N) is 1. The number of benzene rings is 2. The van der Waals surface area contributed by atoms with Crippen molar-refractivity contribution in [2.45, 2.75) is 13.0 Å². The molecule has 0 saturated carbocycles. The first kappa shape index (κ1) is 12.7. The highest BCUT2D eigenvalue weighted by atomic mass is 16.5. The van der Waals surface area contributed by atoms with Crippen molar-refractivity contribution in [1.29, 1.82) is 0 Å². The molecule has 2 aromatic carbocycles. The lowest BCUT2D eigenvalue weighted by atomic mass is 10.1. The first-order valence-corrected chi connectivity index (χ1v) is 6.37. The second-order valence-corrected chi connectivity index (χ2v) is 4.37. The fourth-order valence-electron chi connectivity index (χ4n) is 1.94. The Bertz CT molecular complexity index is 450. The van der Waals surface area contributed by atoms with E-state index in [4.69, 9.17) is 4.74 Å². The van der Waals surface area contributed by atoms with Crippen LogP contribution in [0.2, 0.25) is 0 Å². The molecule has 0 fully saturated rings. The van der Waals surface area contributed by atoms with Crippen LogP contribution < -0.4 is 10.1 Å². The minimum atomic E-state index is 0.923. The standard InChI is InChI=1S/C16H19NO/c1-18-16-9-7-14(8-10-16)11-12-17-13-15-5-3-2-4-6-15/h2-10,17H,11-13H2,1H3/p+1. The zero-order valence-corrected chi connectivity index (χ0v) is 10.8. The molecule has 0 aromatic heterocycles. The van der Waals surface area contributed by atoms with Crippen LogP contribution in [0.5, 0.6) is 5.75 Å². The van der Waals surface area contributed by atoms with E-state index in [1.165, 1.54) is 11.1 Å². The van der Waals surface area contributed by atoms with Gasteiger partial charge >= 0.3 is 0 Å². The van der Waals surface area contributed by atoms with Crippen molar-refractivity contribution < 1.29 is 10.1 Å². The van der Waals surface area contributed by atoms with Crippen molar-refractivity contribution in [3.63, 3.8) is 0 Å². The molecule has 0 aliphatic carbocycles. The summed E-state index contributed by atoms with van der Waals surface area (Å²) in [4.78, 5) is 0. The smallest absolute Gasteiger partial charge is 0.118 e. The first-order chi connectivity index (χ1) is 8.88. The van der Waals surface area contributed by atoms with E-state index in [-0.39, 0.29) is 0 Å². The SMILES string of the molecule is COc1ccc(CC[NH2+]Cc2ccccc2)cc1. The predicted molar refractivity (Wildman–Crippen MR) is 73.6 cm³/mol. The summed E-state index contributed by atoms with van der Waals surface area (Å²) in [6.45, 7) is 2.16. The third kappa shape index (κ3) is 3.90. The molecule has 18 heavy (non-hydrogen) atoms. The van der Waals surface area contributed by atoms with E-state index in [0.29, 0.717) is 0 Å². The lowest BCUT2D eigenvalue weighted by Gasteiger charge is -2.04. The summed E-state index contributed by atoms with van der Waals surface area (Å²) in [6, 6.07) is 18.9. The van der Waals surface area contributed by atoms with Gasteiger partial charge in [0, 0.05) is 12.0 Å². The molecule has 0 saturated heterocycles. The van der Waals surface area contributed by atoms with Gasteiger partial charge in [-0.15, -0.1) is 0 Å². The lowest BCUT2D eigenvalue weighted by molar-refractivity contribution is -0.670. The van der Waals surface area contributed by atoms with Gasteiger partial charge in [0.2, 0.25) is 0 Å². The Morgan fingerprint density at radius 3 is 2.28 bits per heavy atom. The van der Waals surface area contributed by atoms with Crippen LogP contribution in [-0.4, -0.2) is 13.7 Å². The zero-order chi connectivity index (χ0) is 12.6. The molecule has 94 valence electrons. The quantitative estimate of drug-likeness (QED) is 0.770. The highest BCUT2D eigenvalue weighted by molar-refractivity contribution is 5.27. The van der Waals surface area contributed by atoms with E-state index >= 15 is 0 Å². The number of quaternary nitrogens is 1. The topological polar surface area (TPSA) is 25.8 Å². The summed E-state index contributed by atoms with van der Waals surface area (Å²) >= 11 is 0. The van der Waals surface area contributed by atoms with Gasteiger partial charge < -0.3 is 10.1 Å². The molecule has 0 atom stereocenters. The Labute approximate surface area is 109 Å². The zero-order valence-electron chi connectivity index (χ0n) is 10.8. The molecule has 0 aliphatic heterocycles. The molecule has 2 nitrogen and oxygen atoms in total. The molecule has 0 unspecified atom stereocenters. The van der Waals surface area contributed by atoms with Crippen LogP contribution in [0.4, 0.5) is 0 Å². The summed E-state index contributed by atoms with van der Waals surface area (Å²) in [5.41, 5.74) is 2.74. The normalized spacial score (nSPS) is 10.3. The molecule has 0 heterocycles. The van der Waals surface area contributed by atoms with Crippen LogP contribution in [0.25, 0.3) is 0 Å². The van der Waals surface area contributed by atoms with E-state index in [2.05, 4.69) is 47.8 Å². The van der Waals surface area contributed by atoms with Gasteiger partial charge in [0.05, 0.1) is 13.7 Å². The molecule has 2 N–H and O–H groups in total. The van der Waals surface area contributed by atoms with Gasteiger partial charge in [0.25, 0.3) is 0 Å². The molecular formula is C16H20NO+.